The summed E-state index contributed by atoms with van der Waals surface area (Å²) >= 11 is 0. The molecule has 0 atom stereocenters. The maximum absolute atomic E-state index is 6.26. The second-order valence-corrected chi connectivity index (χ2v) is 12.0. The van der Waals surface area contributed by atoms with Crippen molar-refractivity contribution in [2.75, 3.05) is 0 Å². The maximum atomic E-state index is 6.26. The third-order valence-corrected chi connectivity index (χ3v) is 6.35. The van der Waals surface area contributed by atoms with Crippen LogP contribution in [0, 0.1) is 0 Å². The van der Waals surface area contributed by atoms with Crippen molar-refractivity contribution in [3.63, 3.8) is 0 Å². The van der Waals surface area contributed by atoms with E-state index in [1.165, 1.54) is 10.6 Å². The molecule has 114 valence electrons. The fraction of sp³-hybridized carbons (Fsp3) is 0.150. The summed E-state index contributed by atoms with van der Waals surface area (Å²) in [4.78, 5) is 4.47. The highest BCUT2D eigenvalue weighted by Gasteiger charge is 2.19. The first-order valence-electron chi connectivity index (χ1n) is 7.91. The topological polar surface area (TPSA) is 26.0 Å². The van der Waals surface area contributed by atoms with Gasteiger partial charge in [-0.25, -0.2) is 0 Å². The van der Waals surface area contributed by atoms with Crippen LogP contribution in [0.4, 0.5) is 0 Å². The molecule has 0 saturated carbocycles. The van der Waals surface area contributed by atoms with Gasteiger partial charge in [-0.05, 0) is 24.3 Å². The van der Waals surface area contributed by atoms with Gasteiger partial charge in [0.15, 0.2) is 0 Å². The van der Waals surface area contributed by atoms with Crippen LogP contribution in [0.5, 0.6) is 0 Å². The number of hydrogen-bond acceptors (Lipinski definition) is 2. The van der Waals surface area contributed by atoms with Gasteiger partial charge >= 0.3 is 0 Å². The van der Waals surface area contributed by atoms with Gasteiger partial charge in [-0.2, -0.15) is 0 Å². The van der Waals surface area contributed by atoms with Crippen LogP contribution >= 0.6 is 0 Å². The van der Waals surface area contributed by atoms with Gasteiger partial charge in [0.2, 0.25) is 0 Å². The van der Waals surface area contributed by atoms with Crippen LogP contribution in [-0.4, -0.2) is 13.1 Å². The predicted molar refractivity (Wildman–Crippen MR) is 99.9 cm³/mol. The molecule has 2 nitrogen and oxygen atoms in total. The van der Waals surface area contributed by atoms with E-state index < -0.39 is 8.07 Å². The number of nitrogens with zero attached hydrogens (tertiary/aromatic N) is 1. The number of para-hydroxylation sites is 1. The first-order valence-corrected chi connectivity index (χ1v) is 11.4. The molecule has 0 aliphatic rings. The van der Waals surface area contributed by atoms with Crippen LogP contribution < -0.4 is 5.19 Å². The Hall–Kier alpha value is -2.39. The zero-order chi connectivity index (χ0) is 16.0. The highest BCUT2D eigenvalue weighted by molar-refractivity contribution is 6.88. The molecule has 2 aromatic carbocycles. The Kier molecular flexibility index (Phi) is 3.13. The second kappa shape index (κ2) is 5.07. The highest BCUT2D eigenvalue weighted by atomic mass is 28.3. The number of fused-ring (bicyclic) bond motifs is 3. The largest absolute Gasteiger partial charge is 0.455 e. The number of benzene rings is 2. The Morgan fingerprint density at radius 1 is 0.870 bits per heavy atom. The van der Waals surface area contributed by atoms with Gasteiger partial charge in [0.05, 0.1) is 13.8 Å². The van der Waals surface area contributed by atoms with E-state index in [4.69, 9.17) is 4.42 Å². The molecule has 2 heterocycles. The fourth-order valence-electron chi connectivity index (χ4n) is 2.99. The van der Waals surface area contributed by atoms with Crippen LogP contribution in [-0.2, 0) is 0 Å². The third kappa shape index (κ3) is 2.37. The van der Waals surface area contributed by atoms with Gasteiger partial charge in [0.25, 0.3) is 0 Å². The minimum atomic E-state index is -1.35. The molecule has 2 aromatic heterocycles. The lowest BCUT2D eigenvalue weighted by atomic mass is 10.1. The van der Waals surface area contributed by atoms with Crippen molar-refractivity contribution in [1.82, 2.24) is 4.98 Å². The standard InChI is InChI=1S/C20H19NOSi/c1-23(2,3)14-10-11-15-16-7-6-8-17(18-9-4-5-12-21-18)20(16)22-19(15)13-14/h4-13H,1-3H3. The van der Waals surface area contributed by atoms with E-state index in [0.29, 0.717) is 0 Å². The molecular formula is C20H19NOSi. The van der Waals surface area contributed by atoms with Gasteiger partial charge in [0, 0.05) is 22.5 Å². The minimum Gasteiger partial charge on any atom is -0.455 e. The van der Waals surface area contributed by atoms with Crippen molar-refractivity contribution in [1.29, 1.82) is 0 Å². The molecule has 0 spiro atoms. The van der Waals surface area contributed by atoms with E-state index in [-0.39, 0.29) is 0 Å². The molecule has 0 aliphatic heterocycles. The quantitative estimate of drug-likeness (QED) is 0.475. The number of aromatic nitrogens is 1. The average molecular weight is 317 g/mol. The van der Waals surface area contributed by atoms with E-state index in [1.54, 1.807) is 0 Å². The highest BCUT2D eigenvalue weighted by Crippen LogP contribution is 2.34. The van der Waals surface area contributed by atoms with Crippen LogP contribution in [0.3, 0.4) is 0 Å². The molecule has 4 aromatic rings. The summed E-state index contributed by atoms with van der Waals surface area (Å²) in [6.45, 7) is 7.07. The van der Waals surface area contributed by atoms with Crippen molar-refractivity contribution in [2.45, 2.75) is 19.6 Å². The molecule has 0 N–H and O–H groups in total. The molecule has 0 aliphatic carbocycles. The lowest BCUT2D eigenvalue weighted by Crippen LogP contribution is -2.37. The number of rotatable bonds is 2. The monoisotopic (exact) mass is 317 g/mol. The molecule has 23 heavy (non-hydrogen) atoms. The fourth-order valence-corrected chi connectivity index (χ4v) is 4.14. The number of hydrogen-bond donors (Lipinski definition) is 0. The summed E-state index contributed by atoms with van der Waals surface area (Å²) in [5.41, 5.74) is 3.90. The molecule has 0 radical (unpaired) electrons. The third-order valence-electron chi connectivity index (χ3n) is 4.31. The van der Waals surface area contributed by atoms with Crippen LogP contribution in [0.2, 0.25) is 19.6 Å². The summed E-state index contributed by atoms with van der Waals surface area (Å²) < 4.78 is 6.26. The van der Waals surface area contributed by atoms with E-state index in [2.05, 4.69) is 61.0 Å². The summed E-state index contributed by atoms with van der Waals surface area (Å²) in [6, 6.07) is 18.9. The SMILES string of the molecule is C[Si](C)(C)c1ccc2c(c1)oc1c(-c3ccccn3)cccc12. The minimum absolute atomic E-state index is 0.925. The second-order valence-electron chi connectivity index (χ2n) is 6.96. The summed E-state index contributed by atoms with van der Waals surface area (Å²) in [5.74, 6) is 0. The van der Waals surface area contributed by atoms with Crippen LogP contribution in [0.1, 0.15) is 0 Å². The van der Waals surface area contributed by atoms with Gasteiger partial charge < -0.3 is 4.42 Å². The average Bonchev–Trinajstić information content (AvgIpc) is 2.92. The van der Waals surface area contributed by atoms with Crippen LogP contribution in [0.25, 0.3) is 33.2 Å². The molecule has 3 heteroatoms. The molecular weight excluding hydrogens is 298 g/mol. The zero-order valence-corrected chi connectivity index (χ0v) is 14.6. The Morgan fingerprint density at radius 3 is 2.48 bits per heavy atom. The van der Waals surface area contributed by atoms with E-state index in [1.807, 2.05) is 24.4 Å². The van der Waals surface area contributed by atoms with Crippen molar-refractivity contribution in [3.8, 4) is 11.3 Å². The summed E-state index contributed by atoms with van der Waals surface area (Å²) in [5, 5.41) is 3.76. The number of furan rings is 1. The van der Waals surface area contributed by atoms with E-state index in [9.17, 15) is 0 Å². The Bertz CT molecular complexity index is 997. The first kappa shape index (κ1) is 14.2. The zero-order valence-electron chi connectivity index (χ0n) is 13.6. The van der Waals surface area contributed by atoms with Gasteiger partial charge in [-0.15, -0.1) is 0 Å². The van der Waals surface area contributed by atoms with Crippen molar-refractivity contribution < 1.29 is 4.42 Å². The van der Waals surface area contributed by atoms with E-state index >= 15 is 0 Å². The molecule has 0 fully saturated rings. The smallest absolute Gasteiger partial charge is 0.144 e. The van der Waals surface area contributed by atoms with Crippen molar-refractivity contribution >= 4 is 35.2 Å². The molecule has 0 amide bonds. The number of pyridine rings is 1. The van der Waals surface area contributed by atoms with Gasteiger partial charge in [-0.3, -0.25) is 4.98 Å². The lowest BCUT2D eigenvalue weighted by Gasteiger charge is -2.15. The summed E-state index contributed by atoms with van der Waals surface area (Å²) in [7, 11) is -1.35. The molecule has 0 saturated heterocycles. The van der Waals surface area contributed by atoms with Gasteiger partial charge in [0.1, 0.15) is 11.2 Å². The molecule has 0 unspecified atom stereocenters. The van der Waals surface area contributed by atoms with Gasteiger partial charge in [-0.1, -0.05) is 55.2 Å². The Labute approximate surface area is 136 Å². The first-order chi connectivity index (χ1) is 11.0. The maximum Gasteiger partial charge on any atom is 0.144 e. The normalized spacial score (nSPS) is 12.1. The van der Waals surface area contributed by atoms with Crippen molar-refractivity contribution in [2.24, 2.45) is 0 Å². The molecule has 4 rings (SSSR count). The van der Waals surface area contributed by atoms with Crippen molar-refractivity contribution in [3.05, 3.63) is 60.8 Å². The molecule has 0 bridgehead atoms. The Balaban J connectivity index is 2.01. The van der Waals surface area contributed by atoms with E-state index in [0.717, 1.165) is 27.8 Å². The van der Waals surface area contributed by atoms with Crippen LogP contribution in [0.15, 0.2) is 65.2 Å². The predicted octanol–water partition coefficient (Wildman–Crippen LogP) is 5.19. The Morgan fingerprint density at radius 2 is 1.74 bits per heavy atom. The summed E-state index contributed by atoms with van der Waals surface area (Å²) in [6.07, 6.45) is 1.82. The lowest BCUT2D eigenvalue weighted by molar-refractivity contribution is 0.670.